The number of hydrogen-bond donors (Lipinski definition) is 2. The average molecular weight is 387 g/mol. The quantitative estimate of drug-likeness (QED) is 0.479. The largest absolute Gasteiger partial charge is 0.481 e. The Labute approximate surface area is 158 Å². The first-order valence-electron chi connectivity index (χ1n) is 9.41. The van der Waals surface area contributed by atoms with Crippen LogP contribution in [-0.4, -0.2) is 55.5 Å². The van der Waals surface area contributed by atoms with Crippen molar-refractivity contribution in [2.24, 2.45) is 11.3 Å². The van der Waals surface area contributed by atoms with Gasteiger partial charge in [0.15, 0.2) is 6.29 Å². The van der Waals surface area contributed by atoms with Crippen LogP contribution < -0.4 is 5.32 Å². The zero-order valence-corrected chi connectivity index (χ0v) is 15.9. The van der Waals surface area contributed by atoms with Crippen LogP contribution in [-0.2, 0) is 28.5 Å². The molecule has 1 saturated carbocycles. The molecule has 2 N–H and O–H groups in total. The highest BCUT2D eigenvalue weighted by molar-refractivity contribution is 5.73. The summed E-state index contributed by atoms with van der Waals surface area (Å²) in [5.74, 6) is -2.10. The molecule has 0 bridgehead atoms. The van der Waals surface area contributed by atoms with Crippen LogP contribution in [0, 0.1) is 11.3 Å². The predicted octanol–water partition coefficient (Wildman–Crippen LogP) is 2.04. The summed E-state index contributed by atoms with van der Waals surface area (Å²) in [5.41, 5.74) is -0.450. The molecule has 1 saturated heterocycles. The molecule has 1 amide bonds. The molecule has 0 aromatic carbocycles. The number of rotatable bonds is 8. The molecule has 1 aliphatic heterocycles. The van der Waals surface area contributed by atoms with Gasteiger partial charge < -0.3 is 29.4 Å². The summed E-state index contributed by atoms with van der Waals surface area (Å²) in [6.07, 6.45) is 2.01. The highest BCUT2D eigenvalue weighted by Crippen LogP contribution is 2.38. The summed E-state index contributed by atoms with van der Waals surface area (Å²) in [6, 6.07) is 0. The van der Waals surface area contributed by atoms with Crippen molar-refractivity contribution in [2.45, 2.75) is 65.0 Å². The van der Waals surface area contributed by atoms with Crippen LogP contribution in [0.1, 0.15) is 52.4 Å². The SMILES string of the molecule is CC(OC(=O)NCC1(CC(=O)O)CCCCC1)OC(=O)C(C)C1OCCO1. The molecule has 2 rings (SSSR count). The van der Waals surface area contributed by atoms with E-state index in [0.717, 1.165) is 32.1 Å². The van der Waals surface area contributed by atoms with Crippen LogP contribution in [0.15, 0.2) is 0 Å². The van der Waals surface area contributed by atoms with E-state index < -0.39 is 41.9 Å². The molecule has 0 aromatic heterocycles. The van der Waals surface area contributed by atoms with E-state index in [2.05, 4.69) is 5.32 Å². The number of carboxylic acids is 1. The Kier molecular flexibility index (Phi) is 7.85. The number of alkyl carbamates (subject to hydrolysis) is 1. The highest BCUT2D eigenvalue weighted by atomic mass is 16.7. The van der Waals surface area contributed by atoms with Crippen molar-refractivity contribution in [1.29, 1.82) is 0 Å². The predicted molar refractivity (Wildman–Crippen MR) is 92.7 cm³/mol. The molecule has 9 nitrogen and oxygen atoms in total. The number of carbonyl (C=O) groups is 3. The van der Waals surface area contributed by atoms with Crippen LogP contribution in [0.3, 0.4) is 0 Å². The van der Waals surface area contributed by atoms with Gasteiger partial charge in [0.05, 0.1) is 19.6 Å². The van der Waals surface area contributed by atoms with E-state index in [1.807, 2.05) is 0 Å². The lowest BCUT2D eigenvalue weighted by molar-refractivity contribution is -0.182. The Balaban J connectivity index is 1.76. The minimum absolute atomic E-state index is 0.0106. The van der Waals surface area contributed by atoms with Crippen molar-refractivity contribution >= 4 is 18.0 Å². The number of carbonyl (C=O) groups excluding carboxylic acids is 2. The lowest BCUT2D eigenvalue weighted by atomic mass is 9.72. The number of carboxylic acid groups (broad SMARTS) is 1. The first-order chi connectivity index (χ1) is 12.8. The number of nitrogens with one attached hydrogen (secondary N) is 1. The summed E-state index contributed by atoms with van der Waals surface area (Å²) in [6.45, 7) is 4.13. The van der Waals surface area contributed by atoms with Gasteiger partial charge in [-0.25, -0.2) is 4.79 Å². The van der Waals surface area contributed by atoms with E-state index in [9.17, 15) is 14.4 Å². The molecule has 0 aromatic rings. The van der Waals surface area contributed by atoms with Gasteiger partial charge in [-0.15, -0.1) is 0 Å². The Bertz CT molecular complexity index is 525. The van der Waals surface area contributed by atoms with E-state index in [4.69, 9.17) is 24.1 Å². The molecule has 2 fully saturated rings. The molecule has 1 heterocycles. The first kappa shape index (κ1) is 21.4. The van der Waals surface area contributed by atoms with Crippen molar-refractivity contribution in [3.63, 3.8) is 0 Å². The summed E-state index contributed by atoms with van der Waals surface area (Å²) < 4.78 is 20.7. The maximum Gasteiger partial charge on any atom is 0.410 e. The zero-order chi connectivity index (χ0) is 19.9. The van der Waals surface area contributed by atoms with Crippen molar-refractivity contribution in [1.82, 2.24) is 5.32 Å². The standard InChI is InChI=1S/C18H29NO8/c1-12(16-24-8-9-25-16)15(22)26-13(2)27-17(23)19-11-18(10-14(20)21)6-4-3-5-7-18/h12-13,16H,3-11H2,1-2H3,(H,19,23)(H,20,21). The van der Waals surface area contributed by atoms with Crippen LogP contribution in [0.5, 0.6) is 0 Å². The van der Waals surface area contributed by atoms with Crippen molar-refractivity contribution < 1.29 is 38.4 Å². The lowest BCUT2D eigenvalue weighted by Crippen LogP contribution is -2.42. The van der Waals surface area contributed by atoms with Gasteiger partial charge in [-0.1, -0.05) is 19.3 Å². The maximum absolute atomic E-state index is 12.0. The number of hydrogen-bond acceptors (Lipinski definition) is 7. The molecule has 27 heavy (non-hydrogen) atoms. The van der Waals surface area contributed by atoms with Gasteiger partial charge in [0.25, 0.3) is 0 Å². The highest BCUT2D eigenvalue weighted by Gasteiger charge is 2.35. The fourth-order valence-corrected chi connectivity index (χ4v) is 3.56. The monoisotopic (exact) mass is 387 g/mol. The van der Waals surface area contributed by atoms with Gasteiger partial charge in [0, 0.05) is 13.5 Å². The third kappa shape index (κ3) is 6.66. The number of amides is 1. The van der Waals surface area contributed by atoms with Gasteiger partial charge >= 0.3 is 18.0 Å². The fraction of sp³-hybridized carbons (Fsp3) is 0.833. The second kappa shape index (κ2) is 9.89. The Morgan fingerprint density at radius 3 is 2.33 bits per heavy atom. The Morgan fingerprint density at radius 1 is 1.11 bits per heavy atom. The van der Waals surface area contributed by atoms with Gasteiger partial charge in [-0.2, -0.15) is 0 Å². The van der Waals surface area contributed by atoms with Gasteiger partial charge in [-0.3, -0.25) is 9.59 Å². The molecule has 154 valence electrons. The average Bonchev–Trinajstić information content (AvgIpc) is 3.14. The third-order valence-electron chi connectivity index (χ3n) is 5.03. The smallest absolute Gasteiger partial charge is 0.410 e. The van der Waals surface area contributed by atoms with Crippen LogP contribution in [0.4, 0.5) is 4.79 Å². The Morgan fingerprint density at radius 2 is 1.74 bits per heavy atom. The molecule has 2 aliphatic rings. The minimum Gasteiger partial charge on any atom is -0.481 e. The van der Waals surface area contributed by atoms with E-state index >= 15 is 0 Å². The van der Waals surface area contributed by atoms with Gasteiger partial charge in [0.2, 0.25) is 6.29 Å². The summed E-state index contributed by atoms with van der Waals surface area (Å²) in [4.78, 5) is 35.2. The third-order valence-corrected chi connectivity index (χ3v) is 5.03. The fourth-order valence-electron chi connectivity index (χ4n) is 3.56. The van der Waals surface area contributed by atoms with Crippen molar-refractivity contribution in [3.8, 4) is 0 Å². The van der Waals surface area contributed by atoms with Crippen LogP contribution in [0.25, 0.3) is 0 Å². The molecule has 0 spiro atoms. The molecular formula is C18H29NO8. The second-order valence-corrected chi connectivity index (χ2v) is 7.29. The van der Waals surface area contributed by atoms with Crippen LogP contribution in [0.2, 0.25) is 0 Å². The molecule has 0 radical (unpaired) electrons. The number of aliphatic carboxylic acids is 1. The molecule has 9 heteroatoms. The summed E-state index contributed by atoms with van der Waals surface area (Å²) in [7, 11) is 0. The number of ether oxygens (including phenoxy) is 4. The van der Waals surface area contributed by atoms with Gasteiger partial charge in [0.1, 0.15) is 5.92 Å². The molecule has 2 unspecified atom stereocenters. The van der Waals surface area contributed by atoms with E-state index in [-0.39, 0.29) is 13.0 Å². The van der Waals surface area contributed by atoms with Crippen molar-refractivity contribution in [2.75, 3.05) is 19.8 Å². The second-order valence-electron chi connectivity index (χ2n) is 7.29. The Hall–Kier alpha value is -1.87. The van der Waals surface area contributed by atoms with Gasteiger partial charge in [-0.05, 0) is 25.2 Å². The number of esters is 1. The molecule has 1 aliphatic carbocycles. The minimum atomic E-state index is -1.08. The summed E-state index contributed by atoms with van der Waals surface area (Å²) >= 11 is 0. The zero-order valence-electron chi connectivity index (χ0n) is 15.9. The molecular weight excluding hydrogens is 358 g/mol. The normalized spacial score (nSPS) is 21.9. The van der Waals surface area contributed by atoms with E-state index in [1.165, 1.54) is 6.92 Å². The summed E-state index contributed by atoms with van der Waals surface area (Å²) in [5, 5.41) is 11.8. The topological polar surface area (TPSA) is 120 Å². The maximum atomic E-state index is 12.0. The van der Waals surface area contributed by atoms with E-state index in [0.29, 0.717) is 13.2 Å². The molecule has 2 atom stereocenters. The lowest BCUT2D eigenvalue weighted by Gasteiger charge is -2.36. The first-order valence-corrected chi connectivity index (χ1v) is 9.41. The van der Waals surface area contributed by atoms with Crippen molar-refractivity contribution in [3.05, 3.63) is 0 Å². The van der Waals surface area contributed by atoms with Crippen LogP contribution >= 0.6 is 0 Å². The van der Waals surface area contributed by atoms with E-state index in [1.54, 1.807) is 6.92 Å².